The summed E-state index contributed by atoms with van der Waals surface area (Å²) in [5, 5.41) is 2.67. The molecule has 1 N–H and O–H groups in total. The van der Waals surface area contributed by atoms with Crippen LogP contribution in [0.1, 0.15) is 5.56 Å². The molecule has 2 aromatic rings. The van der Waals surface area contributed by atoms with E-state index in [2.05, 4.69) is 5.32 Å². The number of benzene rings is 2. The first-order valence-corrected chi connectivity index (χ1v) is 8.30. The van der Waals surface area contributed by atoms with Gasteiger partial charge in [-0.25, -0.2) is 17.1 Å². The third-order valence-electron chi connectivity index (χ3n) is 3.19. The lowest BCUT2D eigenvalue weighted by atomic mass is 10.1. The van der Waals surface area contributed by atoms with E-state index >= 15 is 0 Å². The highest BCUT2D eigenvalue weighted by atomic mass is 32.2. The number of hydrogen-bond acceptors (Lipinski definition) is 3. The van der Waals surface area contributed by atoms with Crippen LogP contribution >= 0.6 is 0 Å². The van der Waals surface area contributed by atoms with Crippen LogP contribution in [-0.4, -0.2) is 32.7 Å². The minimum absolute atomic E-state index is 0.109. The Morgan fingerprint density at radius 1 is 1.04 bits per heavy atom. The molecule has 5 nitrogen and oxygen atoms in total. The minimum Gasteiger partial charge on any atom is -0.326 e. The first kappa shape index (κ1) is 17.1. The second-order valence-electron chi connectivity index (χ2n) is 5.16. The van der Waals surface area contributed by atoms with Crippen LogP contribution < -0.4 is 5.32 Å². The summed E-state index contributed by atoms with van der Waals surface area (Å²) in [6.45, 7) is 0. The van der Waals surface area contributed by atoms with Gasteiger partial charge in [0.1, 0.15) is 5.82 Å². The van der Waals surface area contributed by atoms with Crippen molar-refractivity contribution in [3.63, 3.8) is 0 Å². The Labute approximate surface area is 134 Å². The molecule has 7 heteroatoms. The van der Waals surface area contributed by atoms with E-state index < -0.39 is 10.0 Å². The van der Waals surface area contributed by atoms with E-state index in [0.29, 0.717) is 11.3 Å². The van der Waals surface area contributed by atoms with Gasteiger partial charge >= 0.3 is 0 Å². The van der Waals surface area contributed by atoms with Gasteiger partial charge in [0.05, 0.1) is 11.3 Å². The van der Waals surface area contributed by atoms with Crippen LogP contribution in [0.2, 0.25) is 0 Å². The highest BCUT2D eigenvalue weighted by Crippen LogP contribution is 2.17. The van der Waals surface area contributed by atoms with Crippen LogP contribution in [0.5, 0.6) is 0 Å². The first-order valence-electron chi connectivity index (χ1n) is 6.86. The zero-order valence-electron chi connectivity index (χ0n) is 12.8. The molecule has 0 bridgehead atoms. The van der Waals surface area contributed by atoms with Crippen LogP contribution in [-0.2, 0) is 21.2 Å². The summed E-state index contributed by atoms with van der Waals surface area (Å²) in [4.78, 5) is 12.1. The number of nitrogens with zero attached hydrogens (tertiary/aromatic N) is 1. The quantitative estimate of drug-likeness (QED) is 0.911. The van der Waals surface area contributed by atoms with Gasteiger partial charge in [0.15, 0.2) is 0 Å². The normalized spacial score (nSPS) is 11.5. The molecule has 0 aromatic heterocycles. The molecular formula is C16H17FN2O3S. The van der Waals surface area contributed by atoms with Gasteiger partial charge in [-0.15, -0.1) is 0 Å². The Kier molecular flexibility index (Phi) is 5.12. The zero-order valence-corrected chi connectivity index (χ0v) is 13.6. The van der Waals surface area contributed by atoms with E-state index in [1.807, 2.05) is 0 Å². The molecular weight excluding hydrogens is 319 g/mol. The fourth-order valence-electron chi connectivity index (χ4n) is 1.91. The molecule has 0 heterocycles. The second-order valence-corrected chi connectivity index (χ2v) is 7.32. The Hall–Kier alpha value is -2.25. The van der Waals surface area contributed by atoms with Gasteiger partial charge in [-0.1, -0.05) is 12.1 Å². The zero-order chi connectivity index (χ0) is 17.0. The van der Waals surface area contributed by atoms with Crippen LogP contribution in [0.4, 0.5) is 10.1 Å². The van der Waals surface area contributed by atoms with Crippen molar-refractivity contribution < 1.29 is 17.6 Å². The number of anilines is 1. The van der Waals surface area contributed by atoms with E-state index in [1.165, 1.54) is 50.5 Å². The topological polar surface area (TPSA) is 66.5 Å². The highest BCUT2D eigenvalue weighted by molar-refractivity contribution is 7.89. The number of hydrogen-bond donors (Lipinski definition) is 1. The number of rotatable bonds is 5. The van der Waals surface area contributed by atoms with Gasteiger partial charge in [0.2, 0.25) is 15.9 Å². The van der Waals surface area contributed by atoms with Crippen LogP contribution in [0, 0.1) is 5.82 Å². The predicted octanol–water partition coefficient (Wildman–Crippen LogP) is 2.26. The molecule has 23 heavy (non-hydrogen) atoms. The highest BCUT2D eigenvalue weighted by Gasteiger charge is 2.16. The molecule has 2 rings (SSSR count). The Balaban J connectivity index is 2.03. The molecule has 0 radical (unpaired) electrons. The molecule has 0 aliphatic rings. The molecule has 0 saturated carbocycles. The van der Waals surface area contributed by atoms with E-state index in [1.54, 1.807) is 12.1 Å². The molecule has 2 aromatic carbocycles. The maximum absolute atomic E-state index is 12.8. The van der Waals surface area contributed by atoms with Crippen molar-refractivity contribution in [2.24, 2.45) is 0 Å². The van der Waals surface area contributed by atoms with Crippen molar-refractivity contribution in [1.29, 1.82) is 0 Å². The summed E-state index contributed by atoms with van der Waals surface area (Å²) < 4.78 is 37.8. The second kappa shape index (κ2) is 6.89. The first-order chi connectivity index (χ1) is 10.8. The van der Waals surface area contributed by atoms with Gasteiger partial charge in [0, 0.05) is 19.8 Å². The third kappa shape index (κ3) is 4.37. The smallest absolute Gasteiger partial charge is 0.242 e. The lowest BCUT2D eigenvalue weighted by Gasteiger charge is -2.12. The summed E-state index contributed by atoms with van der Waals surface area (Å²) in [6, 6.07) is 11.6. The third-order valence-corrected chi connectivity index (χ3v) is 5.02. The van der Waals surface area contributed by atoms with Crippen LogP contribution in [0.25, 0.3) is 0 Å². The lowest BCUT2D eigenvalue weighted by molar-refractivity contribution is -0.115. The predicted molar refractivity (Wildman–Crippen MR) is 86.0 cm³/mol. The lowest BCUT2D eigenvalue weighted by Crippen LogP contribution is -2.22. The Bertz CT molecular complexity index is 785. The Morgan fingerprint density at radius 3 is 2.13 bits per heavy atom. The molecule has 0 aliphatic carbocycles. The van der Waals surface area contributed by atoms with Crippen molar-refractivity contribution in [2.75, 3.05) is 19.4 Å². The molecule has 0 fully saturated rings. The summed E-state index contributed by atoms with van der Waals surface area (Å²) in [7, 11) is -0.585. The van der Waals surface area contributed by atoms with Gasteiger partial charge in [-0.3, -0.25) is 4.79 Å². The van der Waals surface area contributed by atoms with E-state index in [-0.39, 0.29) is 23.0 Å². The number of carbonyl (C=O) groups excluding carboxylic acids is 1. The molecule has 122 valence electrons. The van der Waals surface area contributed by atoms with E-state index in [4.69, 9.17) is 0 Å². The molecule has 0 atom stereocenters. The van der Waals surface area contributed by atoms with E-state index in [0.717, 1.165) is 4.31 Å². The van der Waals surface area contributed by atoms with Crippen LogP contribution in [0.3, 0.4) is 0 Å². The average Bonchev–Trinajstić information content (AvgIpc) is 2.50. The summed E-state index contributed by atoms with van der Waals surface area (Å²) in [5.74, 6) is -0.619. The van der Waals surface area contributed by atoms with Crippen molar-refractivity contribution in [3.05, 3.63) is 59.9 Å². The monoisotopic (exact) mass is 336 g/mol. The number of carbonyl (C=O) groups is 1. The summed E-state index contributed by atoms with van der Waals surface area (Å²) in [5.41, 5.74) is 1.19. The molecule has 0 unspecified atom stereocenters. The summed E-state index contributed by atoms with van der Waals surface area (Å²) >= 11 is 0. The fourth-order valence-corrected chi connectivity index (χ4v) is 2.82. The summed E-state index contributed by atoms with van der Waals surface area (Å²) in [6.07, 6.45) is 0.109. The SMILES string of the molecule is CN(C)S(=O)(=O)c1ccc(NC(=O)Cc2ccc(F)cc2)cc1. The van der Waals surface area contributed by atoms with E-state index in [9.17, 15) is 17.6 Å². The van der Waals surface area contributed by atoms with Gasteiger partial charge in [-0.05, 0) is 42.0 Å². The Morgan fingerprint density at radius 2 is 1.61 bits per heavy atom. The molecule has 1 amide bonds. The molecule has 0 saturated heterocycles. The van der Waals surface area contributed by atoms with Crippen molar-refractivity contribution >= 4 is 21.6 Å². The maximum Gasteiger partial charge on any atom is 0.242 e. The minimum atomic E-state index is -3.49. The van der Waals surface area contributed by atoms with Crippen LogP contribution in [0.15, 0.2) is 53.4 Å². The molecule has 0 aliphatic heterocycles. The number of amides is 1. The molecule has 0 spiro atoms. The largest absolute Gasteiger partial charge is 0.326 e. The number of nitrogens with one attached hydrogen (secondary N) is 1. The van der Waals surface area contributed by atoms with Gasteiger partial charge < -0.3 is 5.32 Å². The van der Waals surface area contributed by atoms with Crippen molar-refractivity contribution in [1.82, 2.24) is 4.31 Å². The van der Waals surface area contributed by atoms with Crippen molar-refractivity contribution in [3.8, 4) is 0 Å². The van der Waals surface area contributed by atoms with Crippen molar-refractivity contribution in [2.45, 2.75) is 11.3 Å². The average molecular weight is 336 g/mol. The standard InChI is InChI=1S/C16H17FN2O3S/c1-19(2)23(21,22)15-9-7-14(8-10-15)18-16(20)11-12-3-5-13(17)6-4-12/h3-10H,11H2,1-2H3,(H,18,20). The van der Waals surface area contributed by atoms with Gasteiger partial charge in [-0.2, -0.15) is 0 Å². The number of halogens is 1. The maximum atomic E-state index is 12.8. The van der Waals surface area contributed by atoms with Gasteiger partial charge in [0.25, 0.3) is 0 Å². The fraction of sp³-hybridized carbons (Fsp3) is 0.188. The number of sulfonamides is 1.